The fraction of sp³-hybridized carbons (Fsp3) is 0.464. The van der Waals surface area contributed by atoms with Gasteiger partial charge in [0.1, 0.15) is 6.61 Å². The van der Waals surface area contributed by atoms with E-state index in [0.29, 0.717) is 32.1 Å². The summed E-state index contributed by atoms with van der Waals surface area (Å²) in [6.07, 6.45) is 4.34. The van der Waals surface area contributed by atoms with Crippen LogP contribution in [0.5, 0.6) is 0 Å². The van der Waals surface area contributed by atoms with Crippen molar-refractivity contribution in [1.82, 2.24) is 10.6 Å². The van der Waals surface area contributed by atoms with Gasteiger partial charge in [-0.2, -0.15) is 0 Å². The van der Waals surface area contributed by atoms with Crippen LogP contribution in [-0.2, 0) is 14.3 Å². The molecular formula is C28H34N2O5. The normalized spacial score (nSPS) is 16.7. The number of hydrogen-bond acceptors (Lipinski definition) is 4. The van der Waals surface area contributed by atoms with Crippen LogP contribution >= 0.6 is 0 Å². The summed E-state index contributed by atoms with van der Waals surface area (Å²) in [4.78, 5) is 36.1. The van der Waals surface area contributed by atoms with Gasteiger partial charge in [-0.3, -0.25) is 9.59 Å². The van der Waals surface area contributed by atoms with Gasteiger partial charge in [-0.25, -0.2) is 4.79 Å². The third-order valence-electron chi connectivity index (χ3n) is 7.20. The Bertz CT molecular complexity index is 1030. The highest BCUT2D eigenvalue weighted by Gasteiger charge is 2.37. The second-order valence-electron chi connectivity index (χ2n) is 9.87. The molecule has 1 atom stereocenters. The molecule has 0 saturated heterocycles. The molecule has 35 heavy (non-hydrogen) atoms. The van der Waals surface area contributed by atoms with Gasteiger partial charge in [-0.15, -0.1) is 0 Å². The molecule has 2 aliphatic rings. The maximum absolute atomic E-state index is 12.4. The van der Waals surface area contributed by atoms with E-state index in [2.05, 4.69) is 34.9 Å². The van der Waals surface area contributed by atoms with E-state index >= 15 is 0 Å². The minimum atomic E-state index is -0.881. The molecule has 0 aromatic heterocycles. The average molecular weight is 479 g/mol. The summed E-state index contributed by atoms with van der Waals surface area (Å²) in [6.45, 7) is 2.16. The number of nitrogens with one attached hydrogen (secondary N) is 2. The summed E-state index contributed by atoms with van der Waals surface area (Å²) in [5.74, 6) is -0.990. The Morgan fingerprint density at radius 1 is 1.03 bits per heavy atom. The highest BCUT2D eigenvalue weighted by atomic mass is 16.5. The summed E-state index contributed by atoms with van der Waals surface area (Å²) in [6, 6.07) is 16.3. The van der Waals surface area contributed by atoms with E-state index < -0.39 is 17.6 Å². The van der Waals surface area contributed by atoms with E-state index in [1.807, 2.05) is 31.2 Å². The maximum Gasteiger partial charge on any atom is 0.407 e. The summed E-state index contributed by atoms with van der Waals surface area (Å²) in [5.41, 5.74) is 4.11. The van der Waals surface area contributed by atoms with E-state index in [1.165, 1.54) is 22.3 Å². The topological polar surface area (TPSA) is 105 Å². The predicted octanol–water partition coefficient (Wildman–Crippen LogP) is 4.99. The first-order chi connectivity index (χ1) is 16.9. The molecule has 1 unspecified atom stereocenters. The molecular weight excluding hydrogens is 444 g/mol. The number of benzene rings is 2. The number of alkyl carbamates (subject to hydrolysis) is 1. The van der Waals surface area contributed by atoms with Crippen molar-refractivity contribution in [1.29, 1.82) is 0 Å². The second-order valence-corrected chi connectivity index (χ2v) is 9.87. The molecule has 2 aromatic carbocycles. The van der Waals surface area contributed by atoms with Crippen molar-refractivity contribution in [3.63, 3.8) is 0 Å². The van der Waals surface area contributed by atoms with Crippen molar-refractivity contribution in [2.75, 3.05) is 6.61 Å². The smallest absolute Gasteiger partial charge is 0.407 e. The highest BCUT2D eigenvalue weighted by molar-refractivity contribution is 5.79. The van der Waals surface area contributed by atoms with E-state index in [0.717, 1.165) is 12.8 Å². The zero-order valence-corrected chi connectivity index (χ0v) is 20.2. The third kappa shape index (κ3) is 6.02. The first kappa shape index (κ1) is 24.8. The van der Waals surface area contributed by atoms with Gasteiger partial charge in [-0.1, -0.05) is 61.4 Å². The SMILES string of the molecule is CC(CCCC(=O)NC1(CC(=O)O)CCCC1)NC(=O)OCC1c2ccccc2-c2ccccc21. The van der Waals surface area contributed by atoms with E-state index in [-0.39, 0.29) is 30.9 Å². The fourth-order valence-electron chi connectivity index (χ4n) is 5.53. The monoisotopic (exact) mass is 478 g/mol. The number of fused-ring (bicyclic) bond motifs is 3. The quantitative estimate of drug-likeness (QED) is 0.446. The number of ether oxygens (including phenoxy) is 1. The second kappa shape index (κ2) is 10.9. The lowest BCUT2D eigenvalue weighted by Crippen LogP contribution is -2.47. The number of amides is 2. The molecule has 3 N–H and O–H groups in total. The molecule has 186 valence electrons. The van der Waals surface area contributed by atoms with Gasteiger partial charge in [0.2, 0.25) is 5.91 Å². The molecule has 7 nitrogen and oxygen atoms in total. The van der Waals surface area contributed by atoms with Crippen molar-refractivity contribution >= 4 is 18.0 Å². The van der Waals surface area contributed by atoms with Gasteiger partial charge in [0.15, 0.2) is 0 Å². The third-order valence-corrected chi connectivity index (χ3v) is 7.20. The largest absolute Gasteiger partial charge is 0.481 e. The van der Waals surface area contributed by atoms with Gasteiger partial charge >= 0.3 is 12.1 Å². The Kier molecular flexibility index (Phi) is 7.73. The Hall–Kier alpha value is -3.35. The minimum absolute atomic E-state index is 0.0147. The van der Waals surface area contributed by atoms with Crippen LogP contribution in [0.3, 0.4) is 0 Å². The molecule has 2 aromatic rings. The van der Waals surface area contributed by atoms with Crippen LogP contribution in [0.2, 0.25) is 0 Å². The molecule has 1 saturated carbocycles. The first-order valence-electron chi connectivity index (χ1n) is 12.5. The lowest BCUT2D eigenvalue weighted by Gasteiger charge is -2.28. The zero-order valence-electron chi connectivity index (χ0n) is 20.2. The fourth-order valence-corrected chi connectivity index (χ4v) is 5.53. The molecule has 2 amide bonds. The number of carboxylic acid groups (broad SMARTS) is 1. The van der Waals surface area contributed by atoms with Crippen LogP contribution in [0.25, 0.3) is 11.1 Å². The summed E-state index contributed by atoms with van der Waals surface area (Å²) < 4.78 is 5.59. The van der Waals surface area contributed by atoms with Crippen molar-refractivity contribution in [2.45, 2.75) is 75.8 Å². The van der Waals surface area contributed by atoms with Crippen LogP contribution in [0.1, 0.15) is 75.3 Å². The highest BCUT2D eigenvalue weighted by Crippen LogP contribution is 2.44. The first-order valence-corrected chi connectivity index (χ1v) is 12.5. The molecule has 2 aliphatic carbocycles. The number of hydrogen-bond donors (Lipinski definition) is 3. The predicted molar refractivity (Wildman–Crippen MR) is 133 cm³/mol. The van der Waals surface area contributed by atoms with Gasteiger partial charge in [-0.05, 0) is 54.9 Å². The molecule has 0 heterocycles. The number of carbonyl (C=O) groups excluding carboxylic acids is 2. The van der Waals surface area contributed by atoms with Crippen molar-refractivity contribution in [3.8, 4) is 11.1 Å². The number of carbonyl (C=O) groups is 3. The lowest BCUT2D eigenvalue weighted by atomic mass is 9.93. The Labute approximate surface area is 206 Å². The van der Waals surface area contributed by atoms with Crippen LogP contribution in [0.4, 0.5) is 4.79 Å². The van der Waals surface area contributed by atoms with Crippen LogP contribution < -0.4 is 10.6 Å². The van der Waals surface area contributed by atoms with Crippen LogP contribution in [-0.4, -0.2) is 41.3 Å². The molecule has 7 heteroatoms. The van der Waals surface area contributed by atoms with Crippen LogP contribution in [0.15, 0.2) is 48.5 Å². The Balaban J connectivity index is 1.20. The zero-order chi connectivity index (χ0) is 24.8. The van der Waals surface area contributed by atoms with E-state index in [1.54, 1.807) is 0 Å². The summed E-state index contributed by atoms with van der Waals surface area (Å²) >= 11 is 0. The molecule has 0 aliphatic heterocycles. The minimum Gasteiger partial charge on any atom is -0.481 e. The molecule has 0 radical (unpaired) electrons. The van der Waals surface area contributed by atoms with Gasteiger partial charge in [0.05, 0.1) is 12.0 Å². The van der Waals surface area contributed by atoms with Crippen molar-refractivity contribution < 1.29 is 24.2 Å². The number of aliphatic carboxylic acids is 1. The summed E-state index contributed by atoms with van der Waals surface area (Å²) in [7, 11) is 0. The van der Waals surface area contributed by atoms with Crippen molar-refractivity contribution in [2.24, 2.45) is 0 Å². The standard InChI is InChI=1S/C28H34N2O5/c1-19(9-8-14-25(31)30-28(17-26(32)33)15-6-7-16-28)29-27(34)35-18-24-22-12-4-2-10-20(22)21-11-3-5-13-23(21)24/h2-5,10-13,19,24H,6-9,14-18H2,1H3,(H,29,34)(H,30,31)(H,32,33). The van der Waals surface area contributed by atoms with Crippen molar-refractivity contribution in [3.05, 3.63) is 59.7 Å². The number of carboxylic acids is 1. The van der Waals surface area contributed by atoms with Gasteiger partial charge < -0.3 is 20.5 Å². The van der Waals surface area contributed by atoms with E-state index in [9.17, 15) is 19.5 Å². The van der Waals surface area contributed by atoms with Crippen LogP contribution in [0, 0.1) is 0 Å². The number of rotatable bonds is 10. The summed E-state index contributed by atoms with van der Waals surface area (Å²) in [5, 5.41) is 15.0. The molecule has 0 spiro atoms. The maximum atomic E-state index is 12.4. The molecule has 0 bridgehead atoms. The Morgan fingerprint density at radius 2 is 1.63 bits per heavy atom. The van der Waals surface area contributed by atoms with Gasteiger partial charge in [0.25, 0.3) is 0 Å². The Morgan fingerprint density at radius 3 is 2.23 bits per heavy atom. The van der Waals surface area contributed by atoms with Gasteiger partial charge in [0, 0.05) is 18.4 Å². The molecule has 1 fully saturated rings. The van der Waals surface area contributed by atoms with E-state index in [4.69, 9.17) is 4.74 Å². The molecule has 4 rings (SSSR count). The lowest BCUT2D eigenvalue weighted by molar-refractivity contribution is -0.139. The average Bonchev–Trinajstić information content (AvgIpc) is 3.39.